The first-order valence-electron chi connectivity index (χ1n) is 5.95. The molecule has 17 heavy (non-hydrogen) atoms. The summed E-state index contributed by atoms with van der Waals surface area (Å²) in [5.41, 5.74) is 0. The topological polar surface area (TPSA) is 58.2 Å². The molecule has 2 atom stereocenters. The zero-order valence-electron chi connectivity index (χ0n) is 9.43. The highest BCUT2D eigenvalue weighted by Gasteiger charge is 2.35. The van der Waals surface area contributed by atoms with Gasteiger partial charge < -0.3 is 5.32 Å². The number of piperidine rings is 1. The third kappa shape index (κ3) is 2.40. The molecule has 2 fully saturated rings. The standard InChI is InChI=1S/C11H16N2O2S2/c14-17(15,11-2-1-5-16-11)13-10-6-8-3-4-9(7-10)12-8/h1-2,5,8-10,12-13H,3-4,6-7H2. The van der Waals surface area contributed by atoms with Crippen LogP contribution in [-0.2, 0) is 10.0 Å². The normalized spacial score (nSPS) is 32.8. The van der Waals surface area contributed by atoms with Crippen LogP contribution in [0.25, 0.3) is 0 Å². The van der Waals surface area contributed by atoms with Gasteiger partial charge in [0.05, 0.1) is 0 Å². The van der Waals surface area contributed by atoms with Crippen LogP contribution in [0.4, 0.5) is 0 Å². The van der Waals surface area contributed by atoms with E-state index in [0.717, 1.165) is 12.8 Å². The van der Waals surface area contributed by atoms with Crippen LogP contribution in [0.3, 0.4) is 0 Å². The van der Waals surface area contributed by atoms with Gasteiger partial charge >= 0.3 is 0 Å². The summed E-state index contributed by atoms with van der Waals surface area (Å²) >= 11 is 1.27. The highest BCUT2D eigenvalue weighted by molar-refractivity contribution is 7.91. The van der Waals surface area contributed by atoms with Gasteiger partial charge in [-0.05, 0) is 37.1 Å². The Kier molecular flexibility index (Phi) is 2.98. The number of hydrogen-bond acceptors (Lipinski definition) is 4. The summed E-state index contributed by atoms with van der Waals surface area (Å²) < 4.78 is 27.4. The highest BCUT2D eigenvalue weighted by atomic mass is 32.2. The van der Waals surface area contributed by atoms with E-state index in [2.05, 4.69) is 10.0 Å². The Balaban J connectivity index is 1.71. The fourth-order valence-corrected chi connectivity index (χ4v) is 5.12. The lowest BCUT2D eigenvalue weighted by Crippen LogP contribution is -2.47. The van der Waals surface area contributed by atoms with Gasteiger partial charge in [0.2, 0.25) is 10.0 Å². The predicted molar refractivity (Wildman–Crippen MR) is 67.6 cm³/mol. The third-order valence-electron chi connectivity index (χ3n) is 3.55. The first-order valence-corrected chi connectivity index (χ1v) is 8.32. The largest absolute Gasteiger partial charge is 0.311 e. The fraction of sp³-hybridized carbons (Fsp3) is 0.636. The van der Waals surface area contributed by atoms with Gasteiger partial charge in [-0.2, -0.15) is 0 Å². The molecule has 6 heteroatoms. The maximum atomic E-state index is 12.1. The van der Waals surface area contributed by atoms with E-state index in [9.17, 15) is 8.42 Å². The second-order valence-corrected chi connectivity index (χ2v) is 7.75. The van der Waals surface area contributed by atoms with Crippen LogP contribution >= 0.6 is 11.3 Å². The Labute approximate surface area is 105 Å². The molecule has 2 bridgehead atoms. The van der Waals surface area contributed by atoms with Gasteiger partial charge in [0.25, 0.3) is 0 Å². The average molecular weight is 272 g/mol. The summed E-state index contributed by atoms with van der Waals surface area (Å²) in [4.78, 5) is 0. The third-order valence-corrected chi connectivity index (χ3v) is 6.47. The maximum Gasteiger partial charge on any atom is 0.250 e. The van der Waals surface area contributed by atoms with E-state index in [0.29, 0.717) is 16.3 Å². The van der Waals surface area contributed by atoms with E-state index in [1.807, 2.05) is 0 Å². The molecular formula is C11H16N2O2S2. The van der Waals surface area contributed by atoms with E-state index in [-0.39, 0.29) is 6.04 Å². The van der Waals surface area contributed by atoms with Crippen LogP contribution in [0.1, 0.15) is 25.7 Å². The number of nitrogens with one attached hydrogen (secondary N) is 2. The summed E-state index contributed by atoms with van der Waals surface area (Å²) in [5.74, 6) is 0. The van der Waals surface area contributed by atoms with Gasteiger partial charge in [0, 0.05) is 18.1 Å². The monoisotopic (exact) mass is 272 g/mol. The summed E-state index contributed by atoms with van der Waals surface area (Å²) in [6.07, 6.45) is 4.20. The molecule has 0 saturated carbocycles. The number of sulfonamides is 1. The van der Waals surface area contributed by atoms with E-state index in [1.54, 1.807) is 17.5 Å². The van der Waals surface area contributed by atoms with Crippen LogP contribution in [-0.4, -0.2) is 26.5 Å². The molecule has 2 aliphatic heterocycles. The Bertz CT molecular complexity index is 472. The molecule has 0 amide bonds. The van der Waals surface area contributed by atoms with E-state index < -0.39 is 10.0 Å². The van der Waals surface area contributed by atoms with Gasteiger partial charge in [0.1, 0.15) is 4.21 Å². The fourth-order valence-electron chi connectivity index (χ4n) is 2.85. The molecule has 2 aliphatic rings. The summed E-state index contributed by atoms with van der Waals surface area (Å²) in [5, 5.41) is 5.30. The maximum absolute atomic E-state index is 12.1. The lowest BCUT2D eigenvalue weighted by Gasteiger charge is -2.29. The quantitative estimate of drug-likeness (QED) is 0.872. The average Bonchev–Trinajstić information content (AvgIpc) is 2.88. The molecule has 0 aromatic carbocycles. The molecule has 2 saturated heterocycles. The number of fused-ring (bicyclic) bond motifs is 2. The second-order valence-electron chi connectivity index (χ2n) is 4.86. The lowest BCUT2D eigenvalue weighted by atomic mass is 10.0. The molecule has 3 rings (SSSR count). The first kappa shape index (κ1) is 11.6. The molecule has 1 aromatic heterocycles. The van der Waals surface area contributed by atoms with E-state index >= 15 is 0 Å². The zero-order valence-corrected chi connectivity index (χ0v) is 11.1. The van der Waals surface area contributed by atoms with Crippen molar-refractivity contribution < 1.29 is 8.42 Å². The van der Waals surface area contributed by atoms with Crippen LogP contribution < -0.4 is 10.0 Å². The summed E-state index contributed by atoms with van der Waals surface area (Å²) in [7, 11) is -3.29. The Hall–Kier alpha value is -0.430. The van der Waals surface area contributed by atoms with Crippen LogP contribution in [0.5, 0.6) is 0 Å². The predicted octanol–water partition coefficient (Wildman–Crippen LogP) is 1.31. The van der Waals surface area contributed by atoms with Crippen molar-refractivity contribution in [3.05, 3.63) is 17.5 Å². The SMILES string of the molecule is O=S(=O)(NC1CC2CCC(C1)N2)c1cccs1. The van der Waals surface area contributed by atoms with Crippen molar-refractivity contribution in [2.24, 2.45) is 0 Å². The molecule has 2 unspecified atom stereocenters. The van der Waals surface area contributed by atoms with Crippen molar-refractivity contribution in [2.45, 2.75) is 48.0 Å². The Morgan fingerprint density at radius 3 is 2.59 bits per heavy atom. The minimum Gasteiger partial charge on any atom is -0.311 e. The van der Waals surface area contributed by atoms with Gasteiger partial charge in [-0.25, -0.2) is 13.1 Å². The molecular weight excluding hydrogens is 256 g/mol. The van der Waals surface area contributed by atoms with Gasteiger partial charge in [-0.15, -0.1) is 11.3 Å². The minimum atomic E-state index is -3.29. The molecule has 2 N–H and O–H groups in total. The molecule has 0 spiro atoms. The molecule has 0 radical (unpaired) electrons. The molecule has 0 aliphatic carbocycles. The van der Waals surface area contributed by atoms with Crippen molar-refractivity contribution in [3.63, 3.8) is 0 Å². The van der Waals surface area contributed by atoms with Crippen molar-refractivity contribution in [1.29, 1.82) is 0 Å². The number of thiophene rings is 1. The second kappa shape index (κ2) is 4.35. The first-order chi connectivity index (χ1) is 8.13. The van der Waals surface area contributed by atoms with Crippen LogP contribution in [0.15, 0.2) is 21.7 Å². The summed E-state index contributed by atoms with van der Waals surface area (Å²) in [6, 6.07) is 4.53. The highest BCUT2D eigenvalue weighted by Crippen LogP contribution is 2.28. The van der Waals surface area contributed by atoms with Crippen LogP contribution in [0, 0.1) is 0 Å². The molecule has 94 valence electrons. The number of hydrogen-bond donors (Lipinski definition) is 2. The Morgan fingerprint density at radius 2 is 2.00 bits per heavy atom. The zero-order chi connectivity index (χ0) is 11.9. The smallest absolute Gasteiger partial charge is 0.250 e. The van der Waals surface area contributed by atoms with Crippen molar-refractivity contribution in [1.82, 2.24) is 10.0 Å². The van der Waals surface area contributed by atoms with Gasteiger partial charge in [0.15, 0.2) is 0 Å². The van der Waals surface area contributed by atoms with Crippen LogP contribution in [0.2, 0.25) is 0 Å². The molecule has 1 aromatic rings. The van der Waals surface area contributed by atoms with Gasteiger partial charge in [-0.1, -0.05) is 6.07 Å². The van der Waals surface area contributed by atoms with Gasteiger partial charge in [-0.3, -0.25) is 0 Å². The van der Waals surface area contributed by atoms with E-state index in [1.165, 1.54) is 24.2 Å². The van der Waals surface area contributed by atoms with E-state index in [4.69, 9.17) is 0 Å². The Morgan fingerprint density at radius 1 is 1.29 bits per heavy atom. The molecule has 4 nitrogen and oxygen atoms in total. The molecule has 3 heterocycles. The number of rotatable bonds is 3. The lowest BCUT2D eigenvalue weighted by molar-refractivity contribution is 0.345. The van der Waals surface area contributed by atoms with Crippen molar-refractivity contribution in [2.75, 3.05) is 0 Å². The summed E-state index contributed by atoms with van der Waals surface area (Å²) in [6.45, 7) is 0. The van der Waals surface area contributed by atoms with Crippen molar-refractivity contribution >= 4 is 21.4 Å². The van der Waals surface area contributed by atoms with Crippen molar-refractivity contribution in [3.8, 4) is 0 Å². The minimum absolute atomic E-state index is 0.0980.